The van der Waals surface area contributed by atoms with E-state index in [0.717, 1.165) is 6.42 Å². The fourth-order valence-corrected chi connectivity index (χ4v) is 2.87. The summed E-state index contributed by atoms with van der Waals surface area (Å²) >= 11 is 0. The molecule has 0 aliphatic carbocycles. The molecule has 0 radical (unpaired) electrons. The smallest absolute Gasteiger partial charge is 0.383 e. The van der Waals surface area contributed by atoms with Gasteiger partial charge in [0.25, 0.3) is 5.75 Å². The largest absolute Gasteiger partial charge is 0.492 e. The molecular formula is C24H22O7. The van der Waals surface area contributed by atoms with E-state index in [1.807, 2.05) is 19.1 Å². The van der Waals surface area contributed by atoms with E-state index in [0.29, 0.717) is 18.8 Å². The minimum atomic E-state index is -0.948. The molecule has 0 fully saturated rings. The van der Waals surface area contributed by atoms with Gasteiger partial charge >= 0.3 is 17.6 Å². The zero-order valence-corrected chi connectivity index (χ0v) is 17.3. The van der Waals surface area contributed by atoms with E-state index in [2.05, 4.69) is 0 Å². The Bertz CT molecular complexity index is 1160. The molecule has 7 nitrogen and oxygen atoms in total. The van der Waals surface area contributed by atoms with Crippen LogP contribution in [0.2, 0.25) is 0 Å². The summed E-state index contributed by atoms with van der Waals surface area (Å²) in [5.74, 6) is -1.88. The first-order chi connectivity index (χ1) is 15.0. The highest BCUT2D eigenvalue weighted by molar-refractivity contribution is 5.96. The third-order valence-corrected chi connectivity index (χ3v) is 4.20. The lowest BCUT2D eigenvalue weighted by Crippen LogP contribution is -2.17. The highest BCUT2D eigenvalue weighted by Crippen LogP contribution is 2.39. The third-order valence-electron chi connectivity index (χ3n) is 4.20. The standard InChI is InChI=1S/C24H22O7/c1-3-4-5-9-15-28-18-13-10-14-19-20(18)21(29-16(2)25)22(24(27)30-19)31-23(26)17-11-7-6-8-12-17/h4-8,10-14H,3,9,15H2,1-2H3. The summed E-state index contributed by atoms with van der Waals surface area (Å²) in [4.78, 5) is 36.9. The number of benzene rings is 2. The lowest BCUT2D eigenvalue weighted by molar-refractivity contribution is -0.131. The van der Waals surface area contributed by atoms with Crippen molar-refractivity contribution in [3.05, 3.63) is 76.7 Å². The number of hydrogen-bond donors (Lipinski definition) is 0. The van der Waals surface area contributed by atoms with Crippen LogP contribution in [0.5, 0.6) is 17.2 Å². The Kier molecular flexibility index (Phi) is 7.22. The fraction of sp³-hybridized carbons (Fsp3) is 0.208. The minimum absolute atomic E-state index is 0.141. The first kappa shape index (κ1) is 21.8. The number of allylic oxidation sites excluding steroid dienone is 1. The number of hydrogen-bond acceptors (Lipinski definition) is 7. The second-order valence-electron chi connectivity index (χ2n) is 6.54. The molecule has 3 aromatic rings. The van der Waals surface area contributed by atoms with Gasteiger partial charge in [0.05, 0.1) is 12.2 Å². The van der Waals surface area contributed by atoms with Crippen molar-refractivity contribution in [3.63, 3.8) is 0 Å². The summed E-state index contributed by atoms with van der Waals surface area (Å²) in [7, 11) is 0. The van der Waals surface area contributed by atoms with E-state index >= 15 is 0 Å². The van der Waals surface area contributed by atoms with Crippen molar-refractivity contribution in [2.75, 3.05) is 6.61 Å². The molecule has 0 aliphatic rings. The second kappa shape index (κ2) is 10.2. The zero-order chi connectivity index (χ0) is 22.2. The van der Waals surface area contributed by atoms with Crippen LogP contribution in [0.15, 0.2) is 69.9 Å². The van der Waals surface area contributed by atoms with Crippen LogP contribution < -0.4 is 19.8 Å². The highest BCUT2D eigenvalue weighted by atomic mass is 16.6. The second-order valence-corrected chi connectivity index (χ2v) is 6.54. The third kappa shape index (κ3) is 5.39. The van der Waals surface area contributed by atoms with E-state index in [1.165, 1.54) is 25.1 Å². The van der Waals surface area contributed by atoms with E-state index in [1.54, 1.807) is 30.3 Å². The number of carbonyl (C=O) groups excluding carboxylic acids is 2. The maximum absolute atomic E-state index is 12.6. The molecule has 0 saturated carbocycles. The Hall–Kier alpha value is -3.87. The van der Waals surface area contributed by atoms with Crippen molar-refractivity contribution in [2.45, 2.75) is 26.7 Å². The van der Waals surface area contributed by atoms with Gasteiger partial charge in [-0.05, 0) is 37.1 Å². The monoisotopic (exact) mass is 422 g/mol. The molecule has 7 heteroatoms. The fourth-order valence-electron chi connectivity index (χ4n) is 2.87. The molecule has 0 amide bonds. The van der Waals surface area contributed by atoms with Crippen molar-refractivity contribution < 1.29 is 28.2 Å². The molecule has 31 heavy (non-hydrogen) atoms. The van der Waals surface area contributed by atoms with Gasteiger partial charge in [-0.1, -0.05) is 43.3 Å². The predicted octanol–water partition coefficient (Wildman–Crippen LogP) is 4.67. The lowest BCUT2D eigenvalue weighted by atomic mass is 10.2. The Morgan fingerprint density at radius 2 is 1.74 bits per heavy atom. The molecule has 0 aliphatic heterocycles. The van der Waals surface area contributed by atoms with E-state index in [-0.39, 0.29) is 22.3 Å². The highest BCUT2D eigenvalue weighted by Gasteiger charge is 2.25. The summed E-state index contributed by atoms with van der Waals surface area (Å²) in [6, 6.07) is 13.0. The van der Waals surface area contributed by atoms with Crippen LogP contribution in [0, 0.1) is 0 Å². The first-order valence-electron chi connectivity index (χ1n) is 9.84. The van der Waals surface area contributed by atoms with Crippen molar-refractivity contribution in [2.24, 2.45) is 0 Å². The quantitative estimate of drug-likeness (QED) is 0.225. The van der Waals surface area contributed by atoms with Gasteiger partial charge in [-0.15, -0.1) is 0 Å². The minimum Gasteiger partial charge on any atom is -0.492 e. The van der Waals surface area contributed by atoms with Crippen molar-refractivity contribution in [3.8, 4) is 17.2 Å². The summed E-state index contributed by atoms with van der Waals surface area (Å²) in [6.45, 7) is 3.57. The van der Waals surface area contributed by atoms with Crippen LogP contribution in [-0.4, -0.2) is 18.5 Å². The van der Waals surface area contributed by atoms with E-state index < -0.39 is 23.3 Å². The Balaban J connectivity index is 2.06. The molecule has 0 unspecified atom stereocenters. The van der Waals surface area contributed by atoms with Crippen LogP contribution >= 0.6 is 0 Å². The van der Waals surface area contributed by atoms with Crippen LogP contribution in [0.3, 0.4) is 0 Å². The van der Waals surface area contributed by atoms with Crippen LogP contribution in [0.4, 0.5) is 0 Å². The van der Waals surface area contributed by atoms with Gasteiger partial charge in [-0.3, -0.25) is 4.79 Å². The molecule has 0 atom stereocenters. The normalized spacial score (nSPS) is 10.9. The summed E-state index contributed by atoms with van der Waals surface area (Å²) in [5, 5.41) is 0.229. The van der Waals surface area contributed by atoms with Gasteiger partial charge in [0, 0.05) is 6.92 Å². The molecule has 3 rings (SSSR count). The summed E-state index contributed by atoms with van der Waals surface area (Å²) in [6.07, 6.45) is 5.61. The Labute approximate surface area is 178 Å². The SMILES string of the molecule is CCC=CCCOc1cccc2oc(=O)c(OC(=O)c3ccccc3)c(OC(C)=O)c12. The molecule has 160 valence electrons. The molecule has 0 saturated heterocycles. The molecule has 2 aromatic carbocycles. The van der Waals surface area contributed by atoms with Crippen LogP contribution in [0.25, 0.3) is 11.0 Å². The zero-order valence-electron chi connectivity index (χ0n) is 17.3. The van der Waals surface area contributed by atoms with E-state index in [4.69, 9.17) is 18.6 Å². The van der Waals surface area contributed by atoms with Crippen LogP contribution in [0.1, 0.15) is 37.0 Å². The maximum Gasteiger partial charge on any atom is 0.383 e. The molecule has 0 spiro atoms. The number of fused-ring (bicyclic) bond motifs is 1. The summed E-state index contributed by atoms with van der Waals surface area (Å²) in [5.41, 5.74) is -0.582. The van der Waals surface area contributed by atoms with Crippen molar-refractivity contribution in [1.29, 1.82) is 0 Å². The van der Waals surface area contributed by atoms with Gasteiger partial charge in [-0.25, -0.2) is 9.59 Å². The summed E-state index contributed by atoms with van der Waals surface area (Å²) < 4.78 is 21.7. The predicted molar refractivity (Wildman–Crippen MR) is 115 cm³/mol. The topological polar surface area (TPSA) is 92.0 Å². The number of carbonyl (C=O) groups is 2. The van der Waals surface area contributed by atoms with Gasteiger partial charge in [0.15, 0.2) is 5.75 Å². The average molecular weight is 422 g/mol. The maximum atomic E-state index is 12.6. The number of ether oxygens (including phenoxy) is 3. The average Bonchev–Trinajstić information content (AvgIpc) is 2.76. The number of esters is 2. The van der Waals surface area contributed by atoms with Gasteiger partial charge in [0.1, 0.15) is 16.7 Å². The van der Waals surface area contributed by atoms with Gasteiger partial charge < -0.3 is 18.6 Å². The number of rotatable bonds is 8. The molecular weight excluding hydrogens is 400 g/mol. The van der Waals surface area contributed by atoms with Gasteiger partial charge in [0.2, 0.25) is 0 Å². The molecule has 0 N–H and O–H groups in total. The Morgan fingerprint density at radius 1 is 0.968 bits per heavy atom. The van der Waals surface area contributed by atoms with Crippen molar-refractivity contribution in [1.82, 2.24) is 0 Å². The van der Waals surface area contributed by atoms with Crippen LogP contribution in [-0.2, 0) is 4.79 Å². The molecule has 0 bridgehead atoms. The molecule has 1 heterocycles. The molecule has 1 aromatic heterocycles. The first-order valence-corrected chi connectivity index (χ1v) is 9.84. The van der Waals surface area contributed by atoms with E-state index in [9.17, 15) is 14.4 Å². The van der Waals surface area contributed by atoms with Crippen molar-refractivity contribution >= 4 is 22.9 Å². The lowest BCUT2D eigenvalue weighted by Gasteiger charge is -2.14. The Morgan fingerprint density at radius 3 is 2.45 bits per heavy atom. The van der Waals surface area contributed by atoms with Gasteiger partial charge in [-0.2, -0.15) is 0 Å².